The molecule has 0 spiro atoms. The zero-order valence-corrected chi connectivity index (χ0v) is 8.95. The van der Waals surface area contributed by atoms with Gasteiger partial charge in [0.15, 0.2) is 5.11 Å². The van der Waals surface area contributed by atoms with E-state index in [1.165, 1.54) is 11.5 Å². The van der Waals surface area contributed by atoms with Crippen LogP contribution in [0, 0.1) is 0 Å². The minimum absolute atomic E-state index is 0.764. The van der Waals surface area contributed by atoms with Crippen LogP contribution >= 0.6 is 23.8 Å². The van der Waals surface area contributed by atoms with Gasteiger partial charge in [-0.25, -0.2) is 0 Å². The molecular formula is C6H12N4S2. The van der Waals surface area contributed by atoms with Crippen LogP contribution in [-0.4, -0.2) is 40.7 Å². The Hall–Kier alpha value is -0.750. The maximum absolute atomic E-state index is 4.79. The molecule has 0 aliphatic rings. The Morgan fingerprint density at radius 2 is 2.25 bits per heavy atom. The van der Waals surface area contributed by atoms with Crippen LogP contribution in [0.5, 0.6) is 0 Å². The van der Waals surface area contributed by atoms with Gasteiger partial charge >= 0.3 is 0 Å². The van der Waals surface area contributed by atoms with Crippen molar-refractivity contribution < 1.29 is 0 Å². The molecule has 0 bridgehead atoms. The third kappa shape index (κ3) is 5.99. The molecule has 0 saturated heterocycles. The number of thiocarbonyl (C=S) groups is 1. The average molecular weight is 204 g/mol. The number of nitrogens with one attached hydrogen (secondary N) is 1. The van der Waals surface area contributed by atoms with Gasteiger partial charge in [-0.2, -0.15) is 0 Å². The van der Waals surface area contributed by atoms with Crippen molar-refractivity contribution in [2.24, 2.45) is 0 Å². The molecule has 1 rings (SSSR count). The molecule has 4 nitrogen and oxygen atoms in total. The van der Waals surface area contributed by atoms with Crippen LogP contribution < -0.4 is 5.32 Å². The molecule has 0 fully saturated rings. The van der Waals surface area contributed by atoms with Gasteiger partial charge in [-0.15, -0.1) is 5.10 Å². The largest absolute Gasteiger partial charge is 0.366 e. The second-order valence-corrected chi connectivity index (χ2v) is 3.07. The first-order valence-electron chi connectivity index (χ1n) is 3.28. The monoisotopic (exact) mass is 204 g/mol. The molecule has 0 radical (unpaired) electrons. The first-order chi connectivity index (χ1) is 5.68. The molecule has 0 unspecified atom stereocenters. The van der Waals surface area contributed by atoms with Crippen LogP contribution in [0.4, 0.5) is 0 Å². The molecule has 0 saturated carbocycles. The van der Waals surface area contributed by atoms with Crippen LogP contribution in [0.2, 0.25) is 0 Å². The third-order valence-electron chi connectivity index (χ3n) is 0.903. The Kier molecular flexibility index (Phi) is 6.50. The fourth-order valence-electron chi connectivity index (χ4n) is 0.360. The van der Waals surface area contributed by atoms with Crippen molar-refractivity contribution in [2.45, 2.75) is 0 Å². The summed E-state index contributed by atoms with van der Waals surface area (Å²) in [7, 11) is 5.61. The Morgan fingerprint density at radius 1 is 1.58 bits per heavy atom. The van der Waals surface area contributed by atoms with Crippen molar-refractivity contribution in [1.82, 2.24) is 19.8 Å². The van der Waals surface area contributed by atoms with Gasteiger partial charge in [0, 0.05) is 26.5 Å². The van der Waals surface area contributed by atoms with E-state index >= 15 is 0 Å². The molecule has 0 atom stereocenters. The predicted molar refractivity (Wildman–Crippen MR) is 55.3 cm³/mol. The molecule has 0 aliphatic heterocycles. The molecule has 1 N–H and O–H groups in total. The van der Waals surface area contributed by atoms with Crippen molar-refractivity contribution >= 4 is 28.9 Å². The van der Waals surface area contributed by atoms with Crippen LogP contribution in [0.3, 0.4) is 0 Å². The minimum Gasteiger partial charge on any atom is -0.366 e. The first-order valence-corrected chi connectivity index (χ1v) is 4.53. The van der Waals surface area contributed by atoms with E-state index in [2.05, 4.69) is 14.9 Å². The summed E-state index contributed by atoms with van der Waals surface area (Å²) < 4.78 is 3.51. The zero-order chi connectivity index (χ0) is 9.40. The van der Waals surface area contributed by atoms with Crippen LogP contribution in [-0.2, 0) is 0 Å². The Balaban J connectivity index is 0.000000211. The topological polar surface area (TPSA) is 41.0 Å². The van der Waals surface area contributed by atoms with Gasteiger partial charge in [-0.05, 0) is 23.8 Å². The molecule has 12 heavy (non-hydrogen) atoms. The van der Waals surface area contributed by atoms with Gasteiger partial charge in [0.1, 0.15) is 0 Å². The number of hydrogen-bond donors (Lipinski definition) is 1. The van der Waals surface area contributed by atoms with E-state index in [0.717, 1.165) is 5.11 Å². The molecule has 1 heterocycles. The predicted octanol–water partition coefficient (Wildman–Crippen LogP) is 0.590. The number of nitrogens with zero attached hydrogens (tertiary/aromatic N) is 3. The summed E-state index contributed by atoms with van der Waals surface area (Å²) in [6.45, 7) is 0. The molecule has 0 amide bonds. The summed E-state index contributed by atoms with van der Waals surface area (Å²) in [4.78, 5) is 1.84. The SMILES string of the molecule is CNC(=S)N(C)C.c1csnn1. The van der Waals surface area contributed by atoms with Gasteiger partial charge in [-0.1, -0.05) is 4.49 Å². The first kappa shape index (κ1) is 11.2. The Morgan fingerprint density at radius 3 is 2.33 bits per heavy atom. The highest BCUT2D eigenvalue weighted by molar-refractivity contribution is 7.80. The number of aromatic nitrogens is 2. The summed E-state index contributed by atoms with van der Waals surface area (Å²) in [6, 6.07) is 0. The maximum atomic E-state index is 4.79. The van der Waals surface area contributed by atoms with E-state index < -0.39 is 0 Å². The number of hydrogen-bond acceptors (Lipinski definition) is 4. The smallest absolute Gasteiger partial charge is 0.168 e. The van der Waals surface area contributed by atoms with E-state index in [9.17, 15) is 0 Å². The summed E-state index contributed by atoms with van der Waals surface area (Å²) >= 11 is 6.15. The van der Waals surface area contributed by atoms with E-state index in [0.29, 0.717) is 0 Å². The second-order valence-electron chi connectivity index (χ2n) is 2.04. The fraction of sp³-hybridized carbons (Fsp3) is 0.500. The average Bonchev–Trinajstić information content (AvgIpc) is 2.59. The zero-order valence-electron chi connectivity index (χ0n) is 7.31. The highest BCUT2D eigenvalue weighted by atomic mass is 32.1. The van der Waals surface area contributed by atoms with Crippen molar-refractivity contribution in [3.05, 3.63) is 11.6 Å². The lowest BCUT2D eigenvalue weighted by Gasteiger charge is -2.11. The second kappa shape index (κ2) is 6.93. The highest BCUT2D eigenvalue weighted by Crippen LogP contribution is 1.78. The lowest BCUT2D eigenvalue weighted by Crippen LogP contribution is -2.30. The van der Waals surface area contributed by atoms with Crippen molar-refractivity contribution in [3.8, 4) is 0 Å². The van der Waals surface area contributed by atoms with E-state index in [1.54, 1.807) is 6.20 Å². The van der Waals surface area contributed by atoms with Crippen molar-refractivity contribution in [2.75, 3.05) is 21.1 Å². The van der Waals surface area contributed by atoms with Crippen LogP contribution in [0.1, 0.15) is 0 Å². The summed E-state index contributed by atoms with van der Waals surface area (Å²) in [5, 5.41) is 8.90. The van der Waals surface area contributed by atoms with Gasteiger partial charge in [0.25, 0.3) is 0 Å². The van der Waals surface area contributed by atoms with E-state index in [4.69, 9.17) is 12.2 Å². The third-order valence-corrected chi connectivity index (χ3v) is 1.90. The summed E-state index contributed by atoms with van der Waals surface area (Å²) in [6.07, 6.45) is 1.66. The van der Waals surface area contributed by atoms with Crippen LogP contribution in [0.15, 0.2) is 11.6 Å². The maximum Gasteiger partial charge on any atom is 0.168 e. The van der Waals surface area contributed by atoms with E-state index in [1.807, 2.05) is 31.4 Å². The van der Waals surface area contributed by atoms with Gasteiger partial charge in [0.2, 0.25) is 0 Å². The lowest BCUT2D eigenvalue weighted by molar-refractivity contribution is 0.612. The van der Waals surface area contributed by atoms with Gasteiger partial charge in [0.05, 0.1) is 6.20 Å². The van der Waals surface area contributed by atoms with Crippen molar-refractivity contribution in [1.29, 1.82) is 0 Å². The van der Waals surface area contributed by atoms with E-state index in [-0.39, 0.29) is 0 Å². The molecule has 6 heteroatoms. The van der Waals surface area contributed by atoms with Gasteiger partial charge < -0.3 is 10.2 Å². The fourth-order valence-corrected chi connectivity index (χ4v) is 0.632. The Bertz CT molecular complexity index is 180. The lowest BCUT2D eigenvalue weighted by atomic mass is 10.9. The molecule has 1 aromatic rings. The van der Waals surface area contributed by atoms with Crippen molar-refractivity contribution in [3.63, 3.8) is 0 Å². The van der Waals surface area contributed by atoms with Gasteiger partial charge in [-0.3, -0.25) is 0 Å². The highest BCUT2D eigenvalue weighted by Gasteiger charge is 1.88. The molecule has 1 aromatic heterocycles. The van der Waals surface area contributed by atoms with Crippen LogP contribution in [0.25, 0.3) is 0 Å². The standard InChI is InChI=1S/C4H10N2S.C2H2N2S/c1-5-4(7)6(2)3;1-2-5-4-3-1/h1-3H3,(H,5,7);1-2H. The molecular weight excluding hydrogens is 192 g/mol. The minimum atomic E-state index is 0.764. The normalized spacial score (nSPS) is 7.92. The Labute approximate surface area is 81.8 Å². The number of rotatable bonds is 0. The molecule has 0 aromatic carbocycles. The molecule has 0 aliphatic carbocycles. The molecule has 68 valence electrons. The summed E-state index contributed by atoms with van der Waals surface area (Å²) in [5.41, 5.74) is 0. The summed E-state index contributed by atoms with van der Waals surface area (Å²) in [5.74, 6) is 0. The quantitative estimate of drug-likeness (QED) is 0.626.